The molecule has 2 aliphatic rings. The van der Waals surface area contributed by atoms with Gasteiger partial charge in [-0.2, -0.15) is 0 Å². The van der Waals surface area contributed by atoms with Gasteiger partial charge in [-0.05, 0) is 18.6 Å². The number of hydrogen-bond acceptors (Lipinski definition) is 13. The molecule has 2 aromatic heterocycles. The average molecular weight is 684 g/mol. The summed E-state index contributed by atoms with van der Waals surface area (Å²) in [6.45, 7) is 0.822. The third kappa shape index (κ3) is 8.40. The second-order valence-electron chi connectivity index (χ2n) is 9.90. The second kappa shape index (κ2) is 14.4. The number of carboxylic acids is 1. The molecule has 46 heavy (non-hydrogen) atoms. The number of nitrogens with zero attached hydrogens (tertiary/aromatic N) is 4. The van der Waals surface area contributed by atoms with Crippen LogP contribution in [0.5, 0.6) is 0 Å². The molecule has 2 amide bonds. The van der Waals surface area contributed by atoms with Gasteiger partial charge >= 0.3 is 27.4 Å². The first-order valence-electron chi connectivity index (χ1n) is 13.8. The van der Waals surface area contributed by atoms with Gasteiger partial charge in [0.2, 0.25) is 0 Å². The minimum Gasteiger partial charge on any atom is -0.480 e. The SMILES string of the molecule is CCNC(=O)Nc1ncnc2c1ncn2[C@@H]1O[C@H](COP(=O)(O)OP(=O)(O)CNCC(=O)O)C2O[C@H](C=Cc3ccccc3)O[C@@H]21. The summed E-state index contributed by atoms with van der Waals surface area (Å²) >= 11 is 0. The van der Waals surface area contributed by atoms with Crippen LogP contribution in [0, 0.1) is 0 Å². The first-order valence-corrected chi connectivity index (χ1v) is 17.1. The number of anilines is 1. The van der Waals surface area contributed by atoms with E-state index in [1.807, 2.05) is 30.3 Å². The number of benzene rings is 1. The number of amides is 2. The number of phosphoric acid groups is 1. The molecule has 0 saturated carbocycles. The fourth-order valence-electron chi connectivity index (χ4n) is 4.69. The van der Waals surface area contributed by atoms with Crippen molar-refractivity contribution in [1.82, 2.24) is 30.2 Å². The third-order valence-electron chi connectivity index (χ3n) is 6.54. The van der Waals surface area contributed by atoms with E-state index in [9.17, 15) is 28.5 Å². The molecule has 3 aromatic rings. The highest BCUT2D eigenvalue weighted by Crippen LogP contribution is 2.59. The normalized spacial score (nSPS) is 25.2. The lowest BCUT2D eigenvalue weighted by atomic mass is 10.1. The Labute approximate surface area is 261 Å². The number of aromatic nitrogens is 4. The lowest BCUT2D eigenvalue weighted by molar-refractivity contribution is -0.135. The van der Waals surface area contributed by atoms with Gasteiger partial charge in [-0.25, -0.2) is 28.6 Å². The van der Waals surface area contributed by atoms with Gasteiger partial charge < -0.3 is 34.4 Å². The number of imidazole rings is 1. The lowest BCUT2D eigenvalue weighted by Gasteiger charge is -2.21. The zero-order chi connectivity index (χ0) is 32.9. The van der Waals surface area contributed by atoms with E-state index >= 15 is 0 Å². The highest BCUT2D eigenvalue weighted by Gasteiger charge is 2.54. The number of rotatable bonds is 14. The number of carboxylic acid groups (broad SMARTS) is 1. The molecule has 21 heteroatoms. The maximum Gasteiger partial charge on any atom is 0.479 e. The van der Waals surface area contributed by atoms with E-state index in [-0.39, 0.29) is 17.0 Å². The molecular formula is C25H31N7O12P2. The molecule has 0 spiro atoms. The molecule has 0 aliphatic carbocycles. The van der Waals surface area contributed by atoms with Gasteiger partial charge in [0.25, 0.3) is 0 Å². The van der Waals surface area contributed by atoms with Crippen LogP contribution in [0.1, 0.15) is 18.7 Å². The number of phosphoric ester groups is 1. The third-order valence-corrected chi connectivity index (χ3v) is 9.48. The van der Waals surface area contributed by atoms with E-state index in [2.05, 4.69) is 35.2 Å². The summed E-state index contributed by atoms with van der Waals surface area (Å²) in [5, 5.41) is 16.0. The number of carbonyl (C=O) groups excluding carboxylic acids is 1. The largest absolute Gasteiger partial charge is 0.480 e. The number of nitrogens with one attached hydrogen (secondary N) is 3. The van der Waals surface area contributed by atoms with Gasteiger partial charge in [0, 0.05) is 6.54 Å². The summed E-state index contributed by atoms with van der Waals surface area (Å²) in [6.07, 6.45) is 0.586. The topological polar surface area (TPSA) is 255 Å². The standard InChI is InChI=1S/C25H31N7O12P2/c1-2-27-25(35)31-22-19-23(29-12-28-22)32(13-30-19)24-21-20(42-18(43-21)9-8-15-6-4-3-5-7-15)16(41-24)11-40-46(38,39)44-45(36,37)14-26-10-17(33)34/h3-9,12-13,16,18,20-21,24,26H,2,10-11,14H2,1H3,(H,33,34)(H,36,37)(H,38,39)(H2,27,28,29,31,35)/t16-,18+,20?,21+,24-/m1/s1. The van der Waals surface area contributed by atoms with Gasteiger partial charge in [0.15, 0.2) is 29.5 Å². The minimum absolute atomic E-state index is 0.140. The van der Waals surface area contributed by atoms with Crippen LogP contribution in [0.15, 0.2) is 49.1 Å². The maximum absolute atomic E-state index is 12.6. The van der Waals surface area contributed by atoms with E-state index in [0.29, 0.717) is 6.54 Å². The Balaban J connectivity index is 1.35. The van der Waals surface area contributed by atoms with Crippen molar-refractivity contribution >= 4 is 50.5 Å². The zero-order valence-corrected chi connectivity index (χ0v) is 25.9. The molecule has 2 fully saturated rings. The van der Waals surface area contributed by atoms with Crippen LogP contribution in [0.4, 0.5) is 10.6 Å². The summed E-state index contributed by atoms with van der Waals surface area (Å²) in [5.41, 5.74) is 1.40. The number of fused-ring (bicyclic) bond motifs is 2. The number of ether oxygens (including phenoxy) is 3. The molecule has 248 valence electrons. The summed E-state index contributed by atoms with van der Waals surface area (Å²) < 4.78 is 54.1. The van der Waals surface area contributed by atoms with E-state index in [1.165, 1.54) is 17.2 Å². The summed E-state index contributed by atoms with van der Waals surface area (Å²) in [6, 6.07) is 8.88. The van der Waals surface area contributed by atoms with Crippen LogP contribution in [-0.4, -0.2) is 97.0 Å². The first kappa shape index (κ1) is 33.7. The quantitative estimate of drug-likeness (QED) is 0.132. The van der Waals surface area contributed by atoms with E-state index in [0.717, 1.165) is 5.56 Å². The molecule has 1 aromatic carbocycles. The molecule has 0 bridgehead atoms. The summed E-state index contributed by atoms with van der Waals surface area (Å²) in [4.78, 5) is 55.5. The minimum atomic E-state index is -5.16. The molecule has 4 heterocycles. The second-order valence-corrected chi connectivity index (χ2v) is 13.3. The zero-order valence-electron chi connectivity index (χ0n) is 24.1. The average Bonchev–Trinajstić information content (AvgIpc) is 3.69. The van der Waals surface area contributed by atoms with E-state index in [1.54, 1.807) is 19.1 Å². The Bertz CT molecular complexity index is 1680. The molecule has 19 nitrogen and oxygen atoms in total. The van der Waals surface area contributed by atoms with E-state index < -0.39 is 77.7 Å². The molecule has 7 atom stereocenters. The van der Waals surface area contributed by atoms with Crippen molar-refractivity contribution in [2.75, 3.05) is 31.3 Å². The Hall–Kier alpha value is -3.61. The van der Waals surface area contributed by atoms with Crippen molar-refractivity contribution in [3.63, 3.8) is 0 Å². The smallest absolute Gasteiger partial charge is 0.479 e. The lowest BCUT2D eigenvalue weighted by Crippen LogP contribution is -2.31. The van der Waals surface area contributed by atoms with Crippen molar-refractivity contribution in [3.8, 4) is 0 Å². The molecule has 6 N–H and O–H groups in total. The van der Waals surface area contributed by atoms with Gasteiger partial charge in [-0.15, -0.1) is 0 Å². The van der Waals surface area contributed by atoms with Crippen molar-refractivity contribution in [2.24, 2.45) is 0 Å². The molecule has 5 rings (SSSR count). The van der Waals surface area contributed by atoms with Crippen LogP contribution < -0.4 is 16.0 Å². The fourth-order valence-corrected chi connectivity index (χ4v) is 7.13. The highest BCUT2D eigenvalue weighted by molar-refractivity contribution is 7.63. The Morgan fingerprint density at radius 2 is 1.85 bits per heavy atom. The van der Waals surface area contributed by atoms with Gasteiger partial charge in [-0.1, -0.05) is 36.4 Å². The maximum atomic E-state index is 12.6. The van der Waals surface area contributed by atoms with Crippen LogP contribution in [0.2, 0.25) is 0 Å². The van der Waals surface area contributed by atoms with Crippen molar-refractivity contribution in [2.45, 2.75) is 37.8 Å². The predicted octanol–water partition coefficient (Wildman–Crippen LogP) is 1.64. The number of hydrogen-bond donors (Lipinski definition) is 6. The number of urea groups is 1. The first-order chi connectivity index (χ1) is 21.9. The van der Waals surface area contributed by atoms with Crippen molar-refractivity contribution < 1.29 is 56.7 Å². The van der Waals surface area contributed by atoms with E-state index in [4.69, 9.17) is 23.8 Å². The Kier molecular flexibility index (Phi) is 10.6. The molecule has 2 aliphatic heterocycles. The molecule has 0 radical (unpaired) electrons. The Morgan fingerprint density at radius 3 is 2.59 bits per heavy atom. The van der Waals surface area contributed by atoms with Gasteiger partial charge in [0.05, 0.1) is 25.8 Å². The number of carbonyl (C=O) groups is 2. The monoisotopic (exact) mass is 683 g/mol. The van der Waals surface area contributed by atoms with Crippen LogP contribution in [0.3, 0.4) is 0 Å². The summed E-state index contributed by atoms with van der Waals surface area (Å²) in [5.74, 6) is -1.17. The van der Waals surface area contributed by atoms with Gasteiger partial charge in [0.1, 0.15) is 24.6 Å². The molecule has 3 unspecified atom stereocenters. The summed E-state index contributed by atoms with van der Waals surface area (Å²) in [7, 11) is -9.94. The molecular weight excluding hydrogens is 652 g/mol. The van der Waals surface area contributed by atoms with Crippen molar-refractivity contribution in [1.29, 1.82) is 0 Å². The predicted molar refractivity (Wildman–Crippen MR) is 158 cm³/mol. The number of aliphatic carboxylic acids is 1. The van der Waals surface area contributed by atoms with Crippen LogP contribution in [-0.2, 0) is 37.0 Å². The van der Waals surface area contributed by atoms with Crippen LogP contribution >= 0.6 is 15.4 Å². The fraction of sp³-hybridized carbons (Fsp3) is 0.400. The van der Waals surface area contributed by atoms with Crippen molar-refractivity contribution in [3.05, 3.63) is 54.6 Å². The molecule has 2 saturated heterocycles. The Morgan fingerprint density at radius 1 is 1.09 bits per heavy atom. The van der Waals surface area contributed by atoms with Crippen LogP contribution in [0.25, 0.3) is 17.2 Å². The van der Waals surface area contributed by atoms with Gasteiger partial charge in [-0.3, -0.25) is 29.1 Å². The highest BCUT2D eigenvalue weighted by atomic mass is 31.3.